The van der Waals surface area contributed by atoms with Crippen molar-refractivity contribution in [2.75, 3.05) is 19.7 Å². The zero-order valence-corrected chi connectivity index (χ0v) is 19.3. The van der Waals surface area contributed by atoms with Crippen molar-refractivity contribution >= 4 is 31.9 Å². The molecular weight excluding hydrogens is 474 g/mol. The van der Waals surface area contributed by atoms with E-state index in [9.17, 15) is 26.4 Å². The summed E-state index contributed by atoms with van der Waals surface area (Å²) in [5.41, 5.74) is 2.41. The predicted molar refractivity (Wildman–Crippen MR) is 117 cm³/mol. The number of amides is 1. The monoisotopic (exact) mass is 497 g/mol. The third kappa shape index (κ3) is 5.87. The van der Waals surface area contributed by atoms with Crippen LogP contribution in [0.4, 0.5) is 0 Å². The molecule has 2 aromatic carbocycles. The van der Waals surface area contributed by atoms with E-state index in [1.807, 2.05) is 4.83 Å². The van der Waals surface area contributed by atoms with Crippen LogP contribution in [0.5, 0.6) is 5.75 Å². The normalized spacial score (nSPS) is 14.7. The minimum absolute atomic E-state index is 0.0356. The Balaban J connectivity index is 1.70. The molecule has 13 heteroatoms. The molecule has 0 unspecified atom stereocenters. The van der Waals surface area contributed by atoms with Crippen molar-refractivity contribution in [1.29, 1.82) is 0 Å². The highest BCUT2D eigenvalue weighted by Crippen LogP contribution is 2.23. The molecule has 1 aliphatic rings. The van der Waals surface area contributed by atoms with Crippen LogP contribution in [-0.2, 0) is 24.8 Å². The third-order valence-corrected chi connectivity index (χ3v) is 8.05. The molecule has 0 spiro atoms. The topological polar surface area (TPSA) is 159 Å². The molecule has 0 atom stereocenters. The second kappa shape index (κ2) is 9.87. The van der Waals surface area contributed by atoms with Crippen LogP contribution >= 0.6 is 0 Å². The maximum Gasteiger partial charge on any atom is 0.341 e. The minimum Gasteiger partial charge on any atom is -0.482 e. The molecule has 1 aliphatic heterocycles. The zero-order chi connectivity index (χ0) is 24.2. The Hall–Kier alpha value is -3.00. The molecule has 0 saturated carbocycles. The van der Waals surface area contributed by atoms with E-state index in [2.05, 4.69) is 5.43 Å². The van der Waals surface area contributed by atoms with Gasteiger partial charge in [-0.15, -0.1) is 4.83 Å². The first-order chi connectivity index (χ1) is 15.5. The van der Waals surface area contributed by atoms with Gasteiger partial charge >= 0.3 is 5.97 Å². The van der Waals surface area contributed by atoms with E-state index >= 15 is 0 Å². The Kier molecular flexibility index (Phi) is 7.37. The van der Waals surface area contributed by atoms with Gasteiger partial charge < -0.3 is 9.84 Å². The molecule has 3 N–H and O–H groups in total. The van der Waals surface area contributed by atoms with Gasteiger partial charge in [0, 0.05) is 18.7 Å². The quantitative estimate of drug-likeness (QED) is 0.430. The van der Waals surface area contributed by atoms with Crippen LogP contribution in [-0.4, -0.2) is 57.8 Å². The summed E-state index contributed by atoms with van der Waals surface area (Å²) in [4.78, 5) is 24.8. The number of nitrogens with one attached hydrogen (secondary N) is 2. The van der Waals surface area contributed by atoms with Crippen LogP contribution in [0, 0.1) is 6.92 Å². The van der Waals surface area contributed by atoms with E-state index in [0.717, 1.165) is 12.8 Å². The lowest BCUT2D eigenvalue weighted by Crippen LogP contribution is -2.41. The molecule has 33 heavy (non-hydrogen) atoms. The first-order valence-corrected chi connectivity index (χ1v) is 12.8. The molecular formula is C20H23N3O8S2. The Morgan fingerprint density at radius 3 is 2.36 bits per heavy atom. The second-order valence-corrected chi connectivity index (χ2v) is 10.9. The summed E-state index contributed by atoms with van der Waals surface area (Å²) in [7, 11) is -7.90. The van der Waals surface area contributed by atoms with E-state index in [0.29, 0.717) is 18.7 Å². The number of sulfonamides is 2. The lowest BCUT2D eigenvalue weighted by Gasteiger charge is -2.16. The smallest absolute Gasteiger partial charge is 0.341 e. The van der Waals surface area contributed by atoms with Gasteiger partial charge in [0.2, 0.25) is 10.0 Å². The van der Waals surface area contributed by atoms with Gasteiger partial charge in [-0.2, -0.15) is 4.31 Å². The fraction of sp³-hybridized carbons (Fsp3) is 0.300. The van der Waals surface area contributed by atoms with Gasteiger partial charge in [0.25, 0.3) is 15.9 Å². The van der Waals surface area contributed by atoms with E-state index in [-0.39, 0.29) is 21.1 Å². The highest BCUT2D eigenvalue weighted by molar-refractivity contribution is 7.89. The van der Waals surface area contributed by atoms with Crippen LogP contribution < -0.4 is 15.0 Å². The van der Waals surface area contributed by atoms with E-state index < -0.39 is 38.5 Å². The van der Waals surface area contributed by atoms with Crippen molar-refractivity contribution in [3.63, 3.8) is 0 Å². The van der Waals surface area contributed by atoms with Crippen LogP contribution in [0.2, 0.25) is 0 Å². The van der Waals surface area contributed by atoms with Crippen LogP contribution in [0.15, 0.2) is 52.3 Å². The van der Waals surface area contributed by atoms with Crippen molar-refractivity contribution in [3.05, 3.63) is 53.6 Å². The number of hydrogen-bond acceptors (Lipinski definition) is 7. The SMILES string of the molecule is Cc1cc(S(=O)(=O)NNC(=O)c2cccc(S(=O)(=O)N3CCCC3)c2)ccc1OCC(=O)O. The number of rotatable bonds is 9. The molecule has 0 radical (unpaired) electrons. The van der Waals surface area contributed by atoms with Gasteiger partial charge in [-0.3, -0.25) is 10.2 Å². The first-order valence-electron chi connectivity index (χ1n) is 9.88. The molecule has 178 valence electrons. The first kappa shape index (κ1) is 24.6. The van der Waals surface area contributed by atoms with Crippen LogP contribution in [0.3, 0.4) is 0 Å². The van der Waals surface area contributed by atoms with E-state index in [1.165, 1.54) is 46.8 Å². The highest BCUT2D eigenvalue weighted by atomic mass is 32.2. The molecule has 0 aromatic heterocycles. The van der Waals surface area contributed by atoms with Crippen molar-refractivity contribution in [1.82, 2.24) is 14.6 Å². The summed E-state index contributed by atoms with van der Waals surface area (Å²) in [5, 5.41) is 8.68. The van der Waals surface area contributed by atoms with Gasteiger partial charge in [0.1, 0.15) is 5.75 Å². The summed E-state index contributed by atoms with van der Waals surface area (Å²) in [6, 6.07) is 9.11. The largest absolute Gasteiger partial charge is 0.482 e. The highest BCUT2D eigenvalue weighted by Gasteiger charge is 2.27. The maximum absolute atomic E-state index is 12.7. The van der Waals surface area contributed by atoms with Gasteiger partial charge in [-0.05, 0) is 61.7 Å². The maximum atomic E-state index is 12.7. The molecule has 2 aromatic rings. The average molecular weight is 498 g/mol. The minimum atomic E-state index is -4.17. The molecule has 0 aliphatic carbocycles. The fourth-order valence-corrected chi connectivity index (χ4v) is 5.70. The van der Waals surface area contributed by atoms with Gasteiger partial charge in [-0.25, -0.2) is 21.6 Å². The molecule has 1 saturated heterocycles. The molecule has 1 amide bonds. The molecule has 11 nitrogen and oxygen atoms in total. The van der Waals surface area contributed by atoms with E-state index in [4.69, 9.17) is 9.84 Å². The Bertz CT molecular complexity index is 1270. The summed E-state index contributed by atoms with van der Waals surface area (Å²) in [6.45, 7) is 1.80. The molecule has 1 heterocycles. The number of carbonyl (C=O) groups excluding carboxylic acids is 1. The van der Waals surface area contributed by atoms with Crippen LogP contribution in [0.1, 0.15) is 28.8 Å². The summed E-state index contributed by atoms with van der Waals surface area (Å²) < 4.78 is 56.9. The van der Waals surface area contributed by atoms with Crippen molar-refractivity contribution in [2.45, 2.75) is 29.6 Å². The lowest BCUT2D eigenvalue weighted by atomic mass is 10.2. The zero-order valence-electron chi connectivity index (χ0n) is 17.6. The number of benzene rings is 2. The number of carboxylic acid groups (broad SMARTS) is 1. The fourth-order valence-electron chi connectivity index (χ4n) is 3.21. The Labute approximate surface area is 191 Å². The standard InChI is InChI=1S/C20H23N3O8S2/c1-14-11-16(7-8-18(14)31-13-19(24)25)32(27,28)22-21-20(26)15-5-4-6-17(12-15)33(29,30)23-9-2-3-10-23/h4-8,11-12,22H,2-3,9-10,13H2,1H3,(H,21,26)(H,24,25). The Morgan fingerprint density at radius 1 is 1.03 bits per heavy atom. The number of hydrazine groups is 1. The molecule has 1 fully saturated rings. The van der Waals surface area contributed by atoms with Gasteiger partial charge in [0.15, 0.2) is 6.61 Å². The number of nitrogens with zero attached hydrogens (tertiary/aromatic N) is 1. The van der Waals surface area contributed by atoms with E-state index in [1.54, 1.807) is 6.92 Å². The number of aliphatic carboxylic acids is 1. The summed E-state index contributed by atoms with van der Waals surface area (Å²) >= 11 is 0. The van der Waals surface area contributed by atoms with Crippen molar-refractivity contribution < 1.29 is 36.3 Å². The third-order valence-electron chi connectivity index (χ3n) is 4.91. The van der Waals surface area contributed by atoms with Gasteiger partial charge in [-0.1, -0.05) is 6.07 Å². The number of ether oxygens (including phenoxy) is 1. The predicted octanol–water partition coefficient (Wildman–Crippen LogP) is 0.866. The van der Waals surface area contributed by atoms with Crippen LogP contribution in [0.25, 0.3) is 0 Å². The summed E-state index contributed by atoms with van der Waals surface area (Å²) in [6.07, 6.45) is 1.54. The number of hydrogen-bond donors (Lipinski definition) is 3. The Morgan fingerprint density at radius 2 is 1.73 bits per heavy atom. The van der Waals surface area contributed by atoms with Crippen molar-refractivity contribution in [2.24, 2.45) is 0 Å². The van der Waals surface area contributed by atoms with Crippen molar-refractivity contribution in [3.8, 4) is 5.75 Å². The average Bonchev–Trinajstić information content (AvgIpc) is 3.32. The second-order valence-electron chi connectivity index (χ2n) is 7.31. The summed E-state index contributed by atoms with van der Waals surface area (Å²) in [5.74, 6) is -1.81. The number of aryl methyl sites for hydroxylation is 1. The molecule has 0 bridgehead atoms. The lowest BCUT2D eigenvalue weighted by molar-refractivity contribution is -0.139. The number of carboxylic acids is 1. The van der Waals surface area contributed by atoms with Gasteiger partial charge in [0.05, 0.1) is 9.79 Å². The number of carbonyl (C=O) groups is 2. The molecule has 3 rings (SSSR count).